The Kier molecular flexibility index (Phi) is 5.59. The topological polar surface area (TPSA) is 53.6 Å². The van der Waals surface area contributed by atoms with Gasteiger partial charge in [-0.3, -0.25) is 4.99 Å². The van der Waals surface area contributed by atoms with Crippen LogP contribution in [0.2, 0.25) is 0 Å². The lowest BCUT2D eigenvalue weighted by molar-refractivity contribution is -0.137. The number of aliphatic hydroxyl groups is 1. The Balaban J connectivity index is 1.47. The fourth-order valence-corrected chi connectivity index (χ4v) is 6.12. The highest BCUT2D eigenvalue weighted by molar-refractivity contribution is 5.94. The Morgan fingerprint density at radius 3 is 2.63 bits per heavy atom. The van der Waals surface area contributed by atoms with Crippen molar-refractivity contribution in [2.75, 3.05) is 24.6 Å². The lowest BCUT2D eigenvalue weighted by Gasteiger charge is -2.27. The highest BCUT2D eigenvalue weighted by Crippen LogP contribution is 2.49. The number of imidazole rings is 1. The molecule has 0 radical (unpaired) electrons. The molecule has 3 aliphatic rings. The second kappa shape index (κ2) is 8.66. The van der Waals surface area contributed by atoms with Gasteiger partial charge in [0.05, 0.1) is 34.3 Å². The Hall–Kier alpha value is -2.87. The molecule has 1 aliphatic carbocycles. The van der Waals surface area contributed by atoms with E-state index in [1.54, 1.807) is 17.2 Å². The number of aliphatic hydroxyl groups excluding tert-OH is 1. The van der Waals surface area contributed by atoms with Crippen LogP contribution in [0.15, 0.2) is 35.6 Å². The van der Waals surface area contributed by atoms with Gasteiger partial charge < -0.3 is 14.6 Å². The van der Waals surface area contributed by atoms with E-state index in [0.29, 0.717) is 36.8 Å². The second-order valence-electron chi connectivity index (χ2n) is 10.1. The predicted molar refractivity (Wildman–Crippen MR) is 132 cm³/mol. The van der Waals surface area contributed by atoms with Gasteiger partial charge in [-0.2, -0.15) is 13.2 Å². The van der Waals surface area contributed by atoms with Crippen molar-refractivity contribution in [2.45, 2.75) is 57.2 Å². The third-order valence-corrected chi connectivity index (χ3v) is 7.92. The van der Waals surface area contributed by atoms with E-state index in [1.807, 2.05) is 24.5 Å². The quantitative estimate of drug-likeness (QED) is 0.475. The second-order valence-corrected chi connectivity index (χ2v) is 10.1. The molecule has 0 unspecified atom stereocenters. The first kappa shape index (κ1) is 22.6. The summed E-state index contributed by atoms with van der Waals surface area (Å²) in [6.45, 7) is 0.904. The molecule has 3 aromatic rings. The van der Waals surface area contributed by atoms with Gasteiger partial charge in [0.25, 0.3) is 0 Å². The number of hydrogen-bond donors (Lipinski definition) is 1. The van der Waals surface area contributed by atoms with Crippen LogP contribution in [0, 0.1) is 5.92 Å². The molecular weight excluding hydrogens is 453 g/mol. The average molecular weight is 483 g/mol. The average Bonchev–Trinajstić information content (AvgIpc) is 3.61. The Morgan fingerprint density at radius 2 is 1.89 bits per heavy atom. The zero-order valence-electron chi connectivity index (χ0n) is 19.6. The number of aliphatic imine (C=N–C) groups is 1. The maximum Gasteiger partial charge on any atom is 0.418 e. The van der Waals surface area contributed by atoms with Gasteiger partial charge in [-0.25, -0.2) is 4.98 Å². The molecule has 1 N–H and O–H groups in total. The molecule has 1 atom stereocenters. The van der Waals surface area contributed by atoms with Gasteiger partial charge in [0.1, 0.15) is 0 Å². The fourth-order valence-electron chi connectivity index (χ4n) is 6.12. The van der Waals surface area contributed by atoms with E-state index in [1.165, 1.54) is 19.3 Å². The highest BCUT2D eigenvalue weighted by Gasteiger charge is 2.41. The number of rotatable bonds is 4. The normalized spacial score (nSPS) is 20.8. The summed E-state index contributed by atoms with van der Waals surface area (Å²) >= 11 is 0. The van der Waals surface area contributed by atoms with Crippen molar-refractivity contribution < 1.29 is 18.3 Å². The summed E-state index contributed by atoms with van der Waals surface area (Å²) in [5, 5.41) is 9.57. The molecule has 0 spiro atoms. The molecule has 35 heavy (non-hydrogen) atoms. The van der Waals surface area contributed by atoms with Gasteiger partial charge in [-0.1, -0.05) is 25.3 Å². The van der Waals surface area contributed by atoms with Gasteiger partial charge >= 0.3 is 6.18 Å². The lowest BCUT2D eigenvalue weighted by Crippen LogP contribution is -2.25. The maximum atomic E-state index is 14.3. The molecule has 8 heteroatoms. The number of hydrogen-bond acceptors (Lipinski definition) is 4. The van der Waals surface area contributed by atoms with E-state index in [9.17, 15) is 18.3 Å². The lowest BCUT2D eigenvalue weighted by atomic mass is 9.93. The number of aromatic nitrogens is 2. The molecule has 1 aromatic heterocycles. The van der Waals surface area contributed by atoms with Crippen molar-refractivity contribution in [1.82, 2.24) is 9.55 Å². The zero-order chi connectivity index (χ0) is 24.2. The zero-order valence-corrected chi connectivity index (χ0v) is 19.6. The van der Waals surface area contributed by atoms with Crippen LogP contribution in [0.3, 0.4) is 0 Å². The third-order valence-electron chi connectivity index (χ3n) is 7.92. The van der Waals surface area contributed by atoms with Crippen LogP contribution in [0.5, 0.6) is 0 Å². The molecule has 184 valence electrons. The summed E-state index contributed by atoms with van der Waals surface area (Å²) in [6.07, 6.45) is 5.90. The van der Waals surface area contributed by atoms with E-state index in [2.05, 4.69) is 14.5 Å². The Labute approximate surface area is 202 Å². The molecular formula is C27H29F3N4O. The predicted octanol–water partition coefficient (Wildman–Crippen LogP) is 6.30. The van der Waals surface area contributed by atoms with E-state index < -0.39 is 11.7 Å². The molecule has 2 aliphatic heterocycles. The Bertz CT molecular complexity index is 1290. The first-order valence-electron chi connectivity index (χ1n) is 12.6. The largest absolute Gasteiger partial charge is 0.418 e. The van der Waals surface area contributed by atoms with E-state index in [4.69, 9.17) is 0 Å². The van der Waals surface area contributed by atoms with Crippen LogP contribution in [0.4, 0.5) is 24.5 Å². The van der Waals surface area contributed by atoms with Gasteiger partial charge in [0.2, 0.25) is 0 Å². The van der Waals surface area contributed by atoms with E-state index in [-0.39, 0.29) is 30.2 Å². The minimum absolute atomic E-state index is 0.0101. The number of fused-ring (bicyclic) bond motifs is 2. The van der Waals surface area contributed by atoms with Crippen LogP contribution in [0.1, 0.15) is 55.7 Å². The fraction of sp³-hybridized carbons (Fsp3) is 0.481. The molecule has 1 saturated heterocycles. The number of benzene rings is 2. The summed E-state index contributed by atoms with van der Waals surface area (Å²) in [5.74, 6) is -0.0101. The van der Waals surface area contributed by atoms with Gasteiger partial charge in [-0.15, -0.1) is 0 Å². The van der Waals surface area contributed by atoms with Crippen LogP contribution in [-0.2, 0) is 12.6 Å². The standard InChI is InChI=1S/C27H29F3N4O/c28-27(29,30)25-20-8-10-31-26(20)21(13-24(25)33-11-9-17(14-33)15-35)18-6-7-23-22(12-18)32-16-34(23)19-4-2-1-3-5-19/h6-7,10,12-13,16-17,19,35H,1-5,8-9,11,14-15H2/t17-/m0/s1. The smallest absolute Gasteiger partial charge is 0.396 e. The van der Waals surface area contributed by atoms with Gasteiger partial charge in [0, 0.05) is 49.9 Å². The number of anilines is 1. The number of halogens is 3. The molecule has 2 fully saturated rings. The summed E-state index contributed by atoms with van der Waals surface area (Å²) in [7, 11) is 0. The summed E-state index contributed by atoms with van der Waals surface area (Å²) < 4.78 is 45.2. The number of nitrogens with zero attached hydrogens (tertiary/aromatic N) is 4. The molecule has 6 rings (SSSR count). The van der Waals surface area contributed by atoms with Crippen molar-refractivity contribution in [3.8, 4) is 11.1 Å². The van der Waals surface area contributed by atoms with Crippen molar-refractivity contribution in [3.05, 3.63) is 41.7 Å². The minimum atomic E-state index is -4.48. The molecule has 3 heterocycles. The maximum absolute atomic E-state index is 14.3. The molecule has 1 saturated carbocycles. The van der Waals surface area contributed by atoms with Crippen molar-refractivity contribution in [3.63, 3.8) is 0 Å². The molecule has 2 aromatic carbocycles. The third kappa shape index (κ3) is 3.92. The van der Waals surface area contributed by atoms with Gasteiger partial charge in [-0.05, 0) is 48.6 Å². The van der Waals surface area contributed by atoms with Crippen LogP contribution >= 0.6 is 0 Å². The van der Waals surface area contributed by atoms with Crippen molar-refractivity contribution >= 4 is 28.6 Å². The van der Waals surface area contributed by atoms with Crippen molar-refractivity contribution in [1.29, 1.82) is 0 Å². The van der Waals surface area contributed by atoms with E-state index in [0.717, 1.165) is 29.4 Å². The van der Waals surface area contributed by atoms with Crippen LogP contribution in [0.25, 0.3) is 22.2 Å². The highest BCUT2D eigenvalue weighted by atomic mass is 19.4. The molecule has 5 nitrogen and oxygen atoms in total. The number of alkyl halides is 3. The summed E-state index contributed by atoms with van der Waals surface area (Å²) in [4.78, 5) is 10.8. The van der Waals surface area contributed by atoms with Crippen molar-refractivity contribution in [2.24, 2.45) is 10.9 Å². The van der Waals surface area contributed by atoms with Crippen LogP contribution in [-0.4, -0.2) is 40.6 Å². The molecule has 0 bridgehead atoms. The van der Waals surface area contributed by atoms with Gasteiger partial charge in [0.15, 0.2) is 0 Å². The monoisotopic (exact) mass is 482 g/mol. The Morgan fingerprint density at radius 1 is 1.06 bits per heavy atom. The summed E-state index contributed by atoms with van der Waals surface area (Å²) in [6, 6.07) is 8.14. The summed E-state index contributed by atoms with van der Waals surface area (Å²) in [5.41, 5.74) is 3.71. The van der Waals surface area contributed by atoms with E-state index >= 15 is 0 Å². The molecule has 0 amide bonds. The SMILES string of the molecule is OC[C@H]1CCN(c2cc(-c3ccc4c(c3)ncn4C3CCCCC3)c3c(c2C(F)(F)F)CC=N3)C1. The minimum Gasteiger partial charge on any atom is -0.396 e. The first-order valence-corrected chi connectivity index (χ1v) is 12.6. The van der Waals surface area contributed by atoms with Crippen LogP contribution < -0.4 is 4.90 Å². The first-order chi connectivity index (χ1) is 16.9.